The van der Waals surface area contributed by atoms with Crippen LogP contribution in [0, 0.1) is 0 Å². The lowest BCUT2D eigenvalue weighted by atomic mass is 10.0. The largest absolute Gasteiger partial charge is 0.464 e. The van der Waals surface area contributed by atoms with Gasteiger partial charge in [-0.25, -0.2) is 4.79 Å². The number of methoxy groups -OCH3 is 1. The molecule has 1 aromatic rings. The van der Waals surface area contributed by atoms with Gasteiger partial charge in [-0.15, -0.1) is 0 Å². The third kappa shape index (κ3) is 4.15. The lowest BCUT2D eigenvalue weighted by Gasteiger charge is -2.09. The summed E-state index contributed by atoms with van der Waals surface area (Å²) in [7, 11) is 2.70. The van der Waals surface area contributed by atoms with Crippen molar-refractivity contribution < 1.29 is 14.4 Å². The van der Waals surface area contributed by atoms with Crippen molar-refractivity contribution in [1.82, 2.24) is 10.3 Å². The minimum Gasteiger partial charge on any atom is -0.464 e. The number of hydrazine groups is 1. The second-order valence-electron chi connectivity index (χ2n) is 4.96. The maximum Gasteiger partial charge on any atom is 0.360 e. The van der Waals surface area contributed by atoms with Crippen molar-refractivity contribution in [3.63, 3.8) is 0 Å². The molecule has 7 nitrogen and oxygen atoms in total. The first-order chi connectivity index (χ1) is 11.6. The van der Waals surface area contributed by atoms with Crippen molar-refractivity contribution in [2.45, 2.75) is 20.4 Å². The average Bonchev–Trinajstić information content (AvgIpc) is 3.03. The van der Waals surface area contributed by atoms with Gasteiger partial charge in [-0.3, -0.25) is 4.99 Å². The highest BCUT2D eigenvalue weighted by Gasteiger charge is 2.19. The summed E-state index contributed by atoms with van der Waals surface area (Å²) >= 11 is 1.49. The number of hydrogen-bond donors (Lipinski definition) is 2. The molecule has 0 aliphatic carbocycles. The quantitative estimate of drug-likeness (QED) is 0.355. The van der Waals surface area contributed by atoms with Crippen LogP contribution < -0.4 is 10.3 Å². The summed E-state index contributed by atoms with van der Waals surface area (Å²) in [5, 5.41) is 3.80. The topological polar surface area (TPSA) is 84.3 Å². The van der Waals surface area contributed by atoms with Crippen LogP contribution in [0.1, 0.15) is 25.0 Å². The molecule has 0 fully saturated rings. The smallest absolute Gasteiger partial charge is 0.360 e. The molecule has 0 saturated carbocycles. The zero-order valence-corrected chi connectivity index (χ0v) is 14.9. The Balaban J connectivity index is 2.30. The van der Waals surface area contributed by atoms with Crippen molar-refractivity contribution in [3.8, 4) is 0 Å². The molecule has 0 spiro atoms. The van der Waals surface area contributed by atoms with E-state index in [9.17, 15) is 4.79 Å². The van der Waals surface area contributed by atoms with Gasteiger partial charge in [0, 0.05) is 17.0 Å². The number of rotatable bonds is 6. The Bertz CT molecular complexity index is 713. The van der Waals surface area contributed by atoms with Gasteiger partial charge in [-0.1, -0.05) is 29.4 Å². The van der Waals surface area contributed by atoms with Crippen molar-refractivity contribution in [1.29, 1.82) is 0 Å². The van der Waals surface area contributed by atoms with Crippen LogP contribution in [0.4, 0.5) is 0 Å². The van der Waals surface area contributed by atoms with Crippen molar-refractivity contribution in [3.05, 3.63) is 46.0 Å². The van der Waals surface area contributed by atoms with Gasteiger partial charge in [0.25, 0.3) is 0 Å². The van der Waals surface area contributed by atoms with Crippen LogP contribution in [-0.2, 0) is 20.9 Å². The Hall–Kier alpha value is -2.32. The summed E-state index contributed by atoms with van der Waals surface area (Å²) < 4.78 is 4.78. The Kier molecular flexibility index (Phi) is 6.39. The molecular weight excluding hydrogens is 328 g/mol. The molecule has 1 aliphatic rings. The monoisotopic (exact) mass is 348 g/mol. The van der Waals surface area contributed by atoms with Crippen LogP contribution in [0.15, 0.2) is 45.0 Å². The molecule has 0 radical (unpaired) electrons. The molecule has 24 heavy (non-hydrogen) atoms. The van der Waals surface area contributed by atoms with Crippen LogP contribution >= 0.6 is 11.9 Å². The fourth-order valence-electron chi connectivity index (χ4n) is 2.18. The molecule has 1 heterocycles. The van der Waals surface area contributed by atoms with E-state index in [-0.39, 0.29) is 5.71 Å². The van der Waals surface area contributed by atoms with E-state index >= 15 is 0 Å². The van der Waals surface area contributed by atoms with E-state index in [0.717, 1.165) is 21.9 Å². The highest BCUT2D eigenvalue weighted by Crippen LogP contribution is 2.22. The normalized spacial score (nSPS) is 15.3. The molecule has 0 saturated heterocycles. The molecule has 2 N–H and O–H groups in total. The molecule has 0 atom stereocenters. The highest BCUT2D eigenvalue weighted by molar-refractivity contribution is 8.02. The van der Waals surface area contributed by atoms with Crippen molar-refractivity contribution >= 4 is 29.3 Å². The van der Waals surface area contributed by atoms with Gasteiger partial charge in [-0.05, 0) is 31.4 Å². The zero-order chi connectivity index (χ0) is 17.5. The number of nitrogens with one attached hydrogen (secondary N) is 2. The number of carbonyl (C=O) groups excluding carboxylic acids is 1. The molecule has 1 aliphatic heterocycles. The van der Waals surface area contributed by atoms with E-state index in [0.29, 0.717) is 12.1 Å². The van der Waals surface area contributed by atoms with Gasteiger partial charge in [0.15, 0.2) is 5.71 Å². The molecule has 2 rings (SSSR count). The maximum absolute atomic E-state index is 11.9. The predicted octanol–water partition coefficient (Wildman–Crippen LogP) is 2.16. The molecule has 0 aromatic heterocycles. The number of esters is 1. The summed E-state index contributed by atoms with van der Waals surface area (Å²) in [4.78, 5) is 25.4. The number of aliphatic imine (C=N–C) groups is 1. The van der Waals surface area contributed by atoms with Gasteiger partial charge in [0.1, 0.15) is 7.11 Å². The van der Waals surface area contributed by atoms with E-state index in [1.807, 2.05) is 32.0 Å². The van der Waals surface area contributed by atoms with Gasteiger partial charge >= 0.3 is 5.97 Å². The lowest BCUT2D eigenvalue weighted by molar-refractivity contribution is -0.132. The van der Waals surface area contributed by atoms with Crippen LogP contribution in [0.5, 0.6) is 0 Å². The van der Waals surface area contributed by atoms with E-state index in [4.69, 9.17) is 9.57 Å². The Morgan fingerprint density at radius 1 is 1.29 bits per heavy atom. The molecule has 0 bridgehead atoms. The fraction of sp³-hybridized carbons (Fsp3) is 0.312. The second kappa shape index (κ2) is 8.51. The Morgan fingerprint density at radius 3 is 2.67 bits per heavy atom. The minimum atomic E-state index is -0.552. The number of hydrogen-bond acceptors (Lipinski definition) is 8. The van der Waals surface area contributed by atoms with Gasteiger partial charge in [0.2, 0.25) is 0 Å². The van der Waals surface area contributed by atoms with Crippen LogP contribution in [0.25, 0.3) is 0 Å². The number of nitrogens with zero attached hydrogens (tertiary/aromatic N) is 2. The molecule has 0 unspecified atom stereocenters. The highest BCUT2D eigenvalue weighted by atomic mass is 32.2. The van der Waals surface area contributed by atoms with E-state index < -0.39 is 5.97 Å². The summed E-state index contributed by atoms with van der Waals surface area (Å²) in [5.74, 6) is -0.552. The third-order valence-electron chi connectivity index (χ3n) is 3.38. The summed E-state index contributed by atoms with van der Waals surface area (Å²) in [6, 6.07) is 7.42. The summed E-state index contributed by atoms with van der Waals surface area (Å²) in [5.41, 5.74) is 6.60. The lowest BCUT2D eigenvalue weighted by Crippen LogP contribution is -2.19. The number of ether oxygens (including phenoxy) is 1. The summed E-state index contributed by atoms with van der Waals surface area (Å²) in [6.45, 7) is 4.35. The maximum atomic E-state index is 11.9. The predicted molar refractivity (Wildman–Crippen MR) is 95.4 cm³/mol. The standard InChI is InChI=1S/C16H20N4O3S/c1-10(15-11(2)18-20-24-15)17-9-12-7-5-6-8-13(12)14(19-23-4)16(21)22-3/h5-8,18,20H,9H2,1-4H3/b17-10+,19-14+. The minimum absolute atomic E-state index is 0.123. The number of allylic oxidation sites excluding steroid dienone is 2. The molecule has 0 amide bonds. The molecule has 8 heteroatoms. The SMILES string of the molecule is CO/N=C(/C(=O)OC)c1ccccc1C/N=C(\C)C1=C(C)NNS1. The first-order valence-corrected chi connectivity index (χ1v) is 8.08. The Labute approximate surface area is 145 Å². The molecular formula is C16H20N4O3S. The molecule has 1 aromatic carbocycles. The van der Waals surface area contributed by atoms with E-state index in [1.165, 1.54) is 26.2 Å². The van der Waals surface area contributed by atoms with E-state index in [1.54, 1.807) is 6.07 Å². The van der Waals surface area contributed by atoms with Gasteiger partial charge < -0.3 is 15.0 Å². The van der Waals surface area contributed by atoms with Crippen LogP contribution in [0.2, 0.25) is 0 Å². The Morgan fingerprint density at radius 2 is 2.04 bits per heavy atom. The number of benzene rings is 1. The fourth-order valence-corrected chi connectivity index (χ4v) is 2.90. The van der Waals surface area contributed by atoms with Gasteiger partial charge in [-0.2, -0.15) is 4.83 Å². The second-order valence-corrected chi connectivity index (χ2v) is 5.77. The first-order valence-electron chi connectivity index (χ1n) is 7.26. The molecule has 128 valence electrons. The first kappa shape index (κ1) is 18.0. The van der Waals surface area contributed by atoms with Crippen LogP contribution in [-0.4, -0.2) is 31.6 Å². The van der Waals surface area contributed by atoms with Crippen molar-refractivity contribution in [2.75, 3.05) is 14.2 Å². The average molecular weight is 348 g/mol. The van der Waals surface area contributed by atoms with Gasteiger partial charge in [0.05, 0.1) is 18.6 Å². The third-order valence-corrected chi connectivity index (χ3v) is 4.39. The van der Waals surface area contributed by atoms with Crippen LogP contribution in [0.3, 0.4) is 0 Å². The number of carbonyl (C=O) groups is 1. The number of oxime groups is 1. The summed E-state index contributed by atoms with van der Waals surface area (Å²) in [6.07, 6.45) is 0. The van der Waals surface area contributed by atoms with E-state index in [2.05, 4.69) is 20.4 Å². The zero-order valence-electron chi connectivity index (χ0n) is 14.0. The van der Waals surface area contributed by atoms with Crippen molar-refractivity contribution in [2.24, 2.45) is 10.1 Å².